The van der Waals surface area contributed by atoms with Crippen molar-refractivity contribution in [3.05, 3.63) is 41.6 Å². The largest absolute Gasteiger partial charge is 0.495 e. The van der Waals surface area contributed by atoms with Gasteiger partial charge in [-0.3, -0.25) is 9.69 Å². The van der Waals surface area contributed by atoms with Gasteiger partial charge in [0.25, 0.3) is 5.91 Å². The number of pyridine rings is 1. The summed E-state index contributed by atoms with van der Waals surface area (Å²) >= 11 is 0. The van der Waals surface area contributed by atoms with Crippen molar-refractivity contribution in [2.75, 3.05) is 84.3 Å². The summed E-state index contributed by atoms with van der Waals surface area (Å²) in [7, 11) is 5.17. The third kappa shape index (κ3) is 6.58. The maximum Gasteiger partial charge on any atom is 0.418 e. The number of alkyl halides is 3. The van der Waals surface area contributed by atoms with Crippen LogP contribution in [0.1, 0.15) is 28.8 Å². The zero-order valence-corrected chi connectivity index (χ0v) is 24.2. The van der Waals surface area contributed by atoms with Crippen LogP contribution in [0.4, 0.5) is 30.4 Å². The van der Waals surface area contributed by atoms with E-state index in [1.165, 1.54) is 20.3 Å². The van der Waals surface area contributed by atoms with E-state index in [-0.39, 0.29) is 22.6 Å². The van der Waals surface area contributed by atoms with Gasteiger partial charge < -0.3 is 34.9 Å². The topological polar surface area (TPSA) is 98.0 Å². The number of carbonyl (C=O) groups is 1. The normalized spacial score (nSPS) is 17.5. The molecule has 0 bridgehead atoms. The van der Waals surface area contributed by atoms with E-state index in [1.807, 2.05) is 4.90 Å². The molecule has 3 aromatic rings. The molecule has 2 fully saturated rings. The number of fused-ring (bicyclic) bond motifs is 1. The average molecular weight is 590 g/mol. The van der Waals surface area contributed by atoms with Crippen LogP contribution >= 0.6 is 0 Å². The molecule has 2 aromatic heterocycles. The van der Waals surface area contributed by atoms with Gasteiger partial charge in [0.15, 0.2) is 0 Å². The van der Waals surface area contributed by atoms with Crippen LogP contribution in [0.3, 0.4) is 0 Å². The molecule has 1 aromatic carbocycles. The van der Waals surface area contributed by atoms with Crippen LogP contribution in [0.25, 0.3) is 11.0 Å². The van der Waals surface area contributed by atoms with E-state index < -0.39 is 11.7 Å². The van der Waals surface area contributed by atoms with E-state index >= 15 is 0 Å². The molecule has 5 rings (SSSR count). The van der Waals surface area contributed by atoms with E-state index in [2.05, 4.69) is 37.4 Å². The highest BCUT2D eigenvalue weighted by Crippen LogP contribution is 2.39. The SMILES string of the molecule is COCCNc1cc(Nc2ccc(C(=O)N3CCC(N4CCN(C)CC4)CC3)cc2OC)nc2[nH]cc(C(F)(F)F)c12. The van der Waals surface area contributed by atoms with Crippen molar-refractivity contribution < 1.29 is 27.4 Å². The van der Waals surface area contributed by atoms with Gasteiger partial charge in [0.1, 0.15) is 17.2 Å². The first-order chi connectivity index (χ1) is 20.2. The van der Waals surface area contributed by atoms with Crippen LogP contribution < -0.4 is 15.4 Å². The molecular formula is C29H38F3N7O3. The number of nitrogens with one attached hydrogen (secondary N) is 3. The number of carbonyl (C=O) groups excluding carboxylic acids is 1. The summed E-state index contributed by atoms with van der Waals surface area (Å²) in [6.07, 6.45) is -1.72. The van der Waals surface area contributed by atoms with Crippen LogP contribution in [-0.2, 0) is 10.9 Å². The van der Waals surface area contributed by atoms with Gasteiger partial charge >= 0.3 is 6.18 Å². The first-order valence-corrected chi connectivity index (χ1v) is 14.2. The summed E-state index contributed by atoms with van der Waals surface area (Å²) in [4.78, 5) is 27.2. The van der Waals surface area contributed by atoms with E-state index in [4.69, 9.17) is 9.47 Å². The Bertz CT molecular complexity index is 1380. The number of methoxy groups -OCH3 is 2. The third-order valence-electron chi connectivity index (χ3n) is 8.09. The van der Waals surface area contributed by atoms with Crippen LogP contribution in [0.15, 0.2) is 30.5 Å². The number of ether oxygens (including phenoxy) is 2. The van der Waals surface area contributed by atoms with Crippen molar-refractivity contribution in [3.63, 3.8) is 0 Å². The molecule has 3 N–H and O–H groups in total. The zero-order valence-electron chi connectivity index (χ0n) is 24.2. The monoisotopic (exact) mass is 589 g/mol. The molecule has 0 saturated carbocycles. The third-order valence-corrected chi connectivity index (χ3v) is 8.09. The summed E-state index contributed by atoms with van der Waals surface area (Å²) < 4.78 is 51.6. The Morgan fingerprint density at radius 1 is 1.07 bits per heavy atom. The highest BCUT2D eigenvalue weighted by atomic mass is 19.4. The molecule has 1 amide bonds. The Hall–Kier alpha value is -3.55. The number of rotatable bonds is 9. The van der Waals surface area contributed by atoms with Gasteiger partial charge in [0.05, 0.1) is 30.4 Å². The van der Waals surface area contributed by atoms with Crippen molar-refractivity contribution in [1.29, 1.82) is 0 Å². The second-order valence-electron chi connectivity index (χ2n) is 10.8. The number of benzene rings is 1. The maximum atomic E-state index is 13.7. The van der Waals surface area contributed by atoms with Gasteiger partial charge in [-0.25, -0.2) is 4.98 Å². The average Bonchev–Trinajstić information content (AvgIpc) is 3.43. The van der Waals surface area contributed by atoms with Crippen LogP contribution in [0.2, 0.25) is 0 Å². The summed E-state index contributed by atoms with van der Waals surface area (Å²) in [5.74, 6) is 0.680. The van der Waals surface area contributed by atoms with E-state index in [0.29, 0.717) is 55.1 Å². The zero-order chi connectivity index (χ0) is 29.9. The molecule has 0 radical (unpaired) electrons. The number of anilines is 3. The molecule has 228 valence electrons. The summed E-state index contributed by atoms with van der Waals surface area (Å²) in [5.41, 5.74) is 0.585. The summed E-state index contributed by atoms with van der Waals surface area (Å²) in [5, 5.41) is 6.11. The molecule has 2 saturated heterocycles. The lowest BCUT2D eigenvalue weighted by Gasteiger charge is -2.42. The van der Waals surface area contributed by atoms with Crippen molar-refractivity contribution in [2.45, 2.75) is 25.1 Å². The number of amides is 1. The van der Waals surface area contributed by atoms with Gasteiger partial charge in [-0.2, -0.15) is 13.2 Å². The van der Waals surface area contributed by atoms with E-state index in [0.717, 1.165) is 45.2 Å². The van der Waals surface area contributed by atoms with Gasteiger partial charge in [0.2, 0.25) is 0 Å². The molecule has 13 heteroatoms. The molecule has 4 heterocycles. The van der Waals surface area contributed by atoms with Crippen LogP contribution in [-0.4, -0.2) is 110 Å². The number of aromatic amines is 1. The molecule has 0 atom stereocenters. The maximum absolute atomic E-state index is 13.7. The minimum atomic E-state index is -4.54. The standard InChI is InChI=1S/C29H38F3N7O3/c1-37-11-13-38(14-12-37)20-6-9-39(10-7-20)28(40)19-4-5-22(24(16-19)42-3)35-25-17-23(33-8-15-41-2)26-21(29(30,31)32)18-34-27(26)36-25/h4-5,16-18,20H,6-15H2,1-3H3,(H3,33,34,35,36). The highest BCUT2D eigenvalue weighted by Gasteiger charge is 2.35. The number of hydrogen-bond acceptors (Lipinski definition) is 8. The molecule has 0 spiro atoms. The molecular weight excluding hydrogens is 551 g/mol. The fourth-order valence-electron chi connectivity index (χ4n) is 5.72. The van der Waals surface area contributed by atoms with E-state index in [9.17, 15) is 18.0 Å². The molecule has 2 aliphatic heterocycles. The number of nitrogens with zero attached hydrogens (tertiary/aromatic N) is 4. The molecule has 10 nitrogen and oxygen atoms in total. The van der Waals surface area contributed by atoms with Crippen molar-refractivity contribution >= 4 is 34.1 Å². The number of likely N-dealkylation sites (N-methyl/N-ethyl adjacent to an activating group) is 1. The first kappa shape index (κ1) is 29.9. The van der Waals surface area contributed by atoms with Crippen molar-refractivity contribution in [3.8, 4) is 5.75 Å². The van der Waals surface area contributed by atoms with Gasteiger partial charge in [-0.15, -0.1) is 0 Å². The Morgan fingerprint density at radius 3 is 2.48 bits per heavy atom. The quantitative estimate of drug-likeness (QED) is 0.319. The number of likely N-dealkylation sites (tertiary alicyclic amines) is 1. The molecule has 42 heavy (non-hydrogen) atoms. The fourth-order valence-corrected chi connectivity index (χ4v) is 5.72. The van der Waals surface area contributed by atoms with Crippen LogP contribution in [0.5, 0.6) is 5.75 Å². The Morgan fingerprint density at radius 2 is 1.81 bits per heavy atom. The second kappa shape index (κ2) is 12.8. The highest BCUT2D eigenvalue weighted by molar-refractivity contribution is 5.97. The number of halogens is 3. The lowest BCUT2D eigenvalue weighted by atomic mass is 10.0. The molecule has 2 aliphatic rings. The molecule has 0 aliphatic carbocycles. The lowest BCUT2D eigenvalue weighted by Crippen LogP contribution is -2.52. The first-order valence-electron chi connectivity index (χ1n) is 14.2. The minimum Gasteiger partial charge on any atom is -0.495 e. The number of piperazine rings is 1. The predicted octanol–water partition coefficient (Wildman–Crippen LogP) is 4.24. The van der Waals surface area contributed by atoms with Crippen molar-refractivity contribution in [1.82, 2.24) is 24.7 Å². The number of hydrogen-bond donors (Lipinski definition) is 3. The Kier molecular flexibility index (Phi) is 9.09. The summed E-state index contributed by atoms with van der Waals surface area (Å²) in [6, 6.07) is 7.16. The number of piperidine rings is 1. The Labute approximate surface area is 243 Å². The van der Waals surface area contributed by atoms with Crippen LogP contribution in [0, 0.1) is 0 Å². The van der Waals surface area contributed by atoms with Gasteiger partial charge in [0, 0.05) is 82.5 Å². The van der Waals surface area contributed by atoms with Gasteiger partial charge in [-0.1, -0.05) is 0 Å². The number of H-pyrrole nitrogens is 1. The molecule has 0 unspecified atom stereocenters. The summed E-state index contributed by atoms with van der Waals surface area (Å²) in [6.45, 7) is 6.33. The second-order valence-corrected chi connectivity index (χ2v) is 10.8. The fraction of sp³-hybridized carbons (Fsp3) is 0.517. The minimum absolute atomic E-state index is 0.0477. The predicted molar refractivity (Wildman–Crippen MR) is 156 cm³/mol. The van der Waals surface area contributed by atoms with E-state index in [1.54, 1.807) is 18.2 Å². The lowest BCUT2D eigenvalue weighted by molar-refractivity contribution is -0.136. The van der Waals surface area contributed by atoms with Gasteiger partial charge in [-0.05, 0) is 38.1 Å². The Balaban J connectivity index is 1.31. The smallest absolute Gasteiger partial charge is 0.418 e. The van der Waals surface area contributed by atoms with Crippen molar-refractivity contribution in [2.24, 2.45) is 0 Å². The number of aromatic nitrogens is 2.